The third-order valence-corrected chi connectivity index (χ3v) is 3.28. The molecule has 0 aliphatic heterocycles. The normalized spacial score (nSPS) is 14.1. The Morgan fingerprint density at radius 3 is 2.17 bits per heavy atom. The first kappa shape index (κ1) is 17.8. The standard InChI is InChI=1S/C12H27NO4S/c1-11(2)10-17-8-7-16-6-4-12(3)5-9-18(13,14)15/h11-12H,4-10H2,1-3H3,(H2,13,14,15). The number of ether oxygens (including phenoxy) is 2. The van der Waals surface area contributed by atoms with Crippen LogP contribution in [-0.2, 0) is 19.5 Å². The first-order valence-corrected chi connectivity index (χ1v) is 8.18. The number of sulfonamides is 1. The van der Waals surface area contributed by atoms with Crippen LogP contribution >= 0.6 is 0 Å². The van der Waals surface area contributed by atoms with E-state index in [2.05, 4.69) is 13.8 Å². The van der Waals surface area contributed by atoms with Crippen molar-refractivity contribution in [3.8, 4) is 0 Å². The van der Waals surface area contributed by atoms with Crippen molar-refractivity contribution < 1.29 is 17.9 Å². The molecule has 0 heterocycles. The SMILES string of the molecule is CC(C)COCCOCCC(C)CCS(N)(=O)=O. The van der Waals surface area contributed by atoms with Crippen molar-refractivity contribution in [3.63, 3.8) is 0 Å². The zero-order chi connectivity index (χ0) is 14.0. The van der Waals surface area contributed by atoms with Gasteiger partial charge in [0.05, 0.1) is 19.0 Å². The average molecular weight is 281 g/mol. The lowest BCUT2D eigenvalue weighted by Gasteiger charge is -2.11. The number of primary sulfonamides is 1. The molecule has 5 nitrogen and oxygen atoms in total. The lowest BCUT2D eigenvalue weighted by atomic mass is 10.1. The Balaban J connectivity index is 3.33. The molecule has 0 spiro atoms. The van der Waals surface area contributed by atoms with Gasteiger partial charge in [-0.2, -0.15) is 0 Å². The van der Waals surface area contributed by atoms with E-state index >= 15 is 0 Å². The minimum absolute atomic E-state index is 0.0473. The van der Waals surface area contributed by atoms with Crippen LogP contribution < -0.4 is 5.14 Å². The number of hydrogen-bond acceptors (Lipinski definition) is 4. The third kappa shape index (κ3) is 13.9. The summed E-state index contributed by atoms with van der Waals surface area (Å²) >= 11 is 0. The minimum Gasteiger partial charge on any atom is -0.379 e. The van der Waals surface area contributed by atoms with Crippen molar-refractivity contribution in [2.75, 3.05) is 32.2 Å². The number of hydrogen-bond donors (Lipinski definition) is 1. The van der Waals surface area contributed by atoms with Crippen LogP contribution in [0.2, 0.25) is 0 Å². The van der Waals surface area contributed by atoms with Crippen LogP contribution in [0.5, 0.6) is 0 Å². The maximum atomic E-state index is 10.8. The van der Waals surface area contributed by atoms with Crippen LogP contribution in [0, 0.1) is 11.8 Å². The Morgan fingerprint density at radius 2 is 1.61 bits per heavy atom. The lowest BCUT2D eigenvalue weighted by Crippen LogP contribution is -2.18. The van der Waals surface area contributed by atoms with E-state index in [4.69, 9.17) is 14.6 Å². The minimum atomic E-state index is -3.33. The number of nitrogens with two attached hydrogens (primary N) is 1. The van der Waals surface area contributed by atoms with Gasteiger partial charge >= 0.3 is 0 Å². The van der Waals surface area contributed by atoms with Crippen molar-refractivity contribution >= 4 is 10.0 Å². The zero-order valence-electron chi connectivity index (χ0n) is 11.7. The maximum absolute atomic E-state index is 10.8. The monoisotopic (exact) mass is 281 g/mol. The lowest BCUT2D eigenvalue weighted by molar-refractivity contribution is 0.0341. The zero-order valence-corrected chi connectivity index (χ0v) is 12.5. The molecule has 1 unspecified atom stereocenters. The van der Waals surface area contributed by atoms with E-state index in [9.17, 15) is 8.42 Å². The molecule has 6 heteroatoms. The van der Waals surface area contributed by atoms with Crippen molar-refractivity contribution in [1.82, 2.24) is 0 Å². The third-order valence-electron chi connectivity index (χ3n) is 2.47. The molecule has 0 saturated heterocycles. The van der Waals surface area contributed by atoms with E-state index in [0.717, 1.165) is 13.0 Å². The molecule has 0 aromatic carbocycles. The van der Waals surface area contributed by atoms with Crippen molar-refractivity contribution in [3.05, 3.63) is 0 Å². The summed E-state index contributed by atoms with van der Waals surface area (Å²) in [4.78, 5) is 0. The summed E-state index contributed by atoms with van der Waals surface area (Å²) in [6.07, 6.45) is 1.44. The predicted molar refractivity (Wildman–Crippen MR) is 72.8 cm³/mol. The van der Waals surface area contributed by atoms with Crippen LogP contribution in [0.3, 0.4) is 0 Å². The molecule has 0 aromatic heterocycles. The van der Waals surface area contributed by atoms with E-state index in [0.29, 0.717) is 38.1 Å². The van der Waals surface area contributed by atoms with E-state index in [1.54, 1.807) is 0 Å². The Labute approximate surface area is 111 Å². The Kier molecular flexibility index (Phi) is 9.63. The quantitative estimate of drug-likeness (QED) is 0.580. The van der Waals surface area contributed by atoms with Crippen LogP contribution in [0.25, 0.3) is 0 Å². The second-order valence-corrected chi connectivity index (χ2v) is 6.86. The van der Waals surface area contributed by atoms with Crippen molar-refractivity contribution in [1.29, 1.82) is 0 Å². The molecule has 1 atom stereocenters. The van der Waals surface area contributed by atoms with E-state index in [-0.39, 0.29) is 5.75 Å². The molecule has 0 fully saturated rings. The van der Waals surface area contributed by atoms with Gasteiger partial charge in [-0.25, -0.2) is 13.6 Å². The molecule has 110 valence electrons. The predicted octanol–water partition coefficient (Wildman–Crippen LogP) is 1.38. The molecule has 0 aliphatic carbocycles. The summed E-state index contributed by atoms with van der Waals surface area (Å²) in [6, 6.07) is 0. The fraction of sp³-hybridized carbons (Fsp3) is 1.00. The summed E-state index contributed by atoms with van der Waals surface area (Å²) in [5, 5.41) is 4.94. The second kappa shape index (κ2) is 9.72. The van der Waals surface area contributed by atoms with Gasteiger partial charge in [0.25, 0.3) is 0 Å². The summed E-state index contributed by atoms with van der Waals surface area (Å²) in [6.45, 7) is 8.81. The molecular formula is C12H27NO4S. The fourth-order valence-electron chi connectivity index (χ4n) is 1.33. The molecule has 0 aromatic rings. The highest BCUT2D eigenvalue weighted by Gasteiger charge is 2.08. The molecule has 0 rings (SSSR count). The van der Waals surface area contributed by atoms with Gasteiger partial charge in [-0.3, -0.25) is 0 Å². The van der Waals surface area contributed by atoms with E-state index in [1.807, 2.05) is 6.92 Å². The highest BCUT2D eigenvalue weighted by atomic mass is 32.2. The molecule has 0 bridgehead atoms. The van der Waals surface area contributed by atoms with E-state index in [1.165, 1.54) is 0 Å². The molecule has 0 aliphatic rings. The molecule has 0 radical (unpaired) electrons. The Morgan fingerprint density at radius 1 is 1.00 bits per heavy atom. The highest BCUT2D eigenvalue weighted by molar-refractivity contribution is 7.89. The van der Waals surface area contributed by atoms with Crippen LogP contribution in [0.1, 0.15) is 33.6 Å². The smallest absolute Gasteiger partial charge is 0.209 e. The largest absolute Gasteiger partial charge is 0.379 e. The molecule has 18 heavy (non-hydrogen) atoms. The van der Waals surface area contributed by atoms with Gasteiger partial charge in [-0.05, 0) is 24.7 Å². The van der Waals surface area contributed by atoms with Crippen LogP contribution in [0.4, 0.5) is 0 Å². The summed E-state index contributed by atoms with van der Waals surface area (Å²) in [7, 11) is -3.33. The van der Waals surface area contributed by atoms with Crippen LogP contribution in [-0.4, -0.2) is 40.6 Å². The van der Waals surface area contributed by atoms with Crippen molar-refractivity contribution in [2.45, 2.75) is 33.6 Å². The molecule has 2 N–H and O–H groups in total. The fourth-order valence-corrected chi connectivity index (χ4v) is 2.06. The maximum Gasteiger partial charge on any atom is 0.209 e. The van der Waals surface area contributed by atoms with Gasteiger partial charge in [0, 0.05) is 13.2 Å². The Hall–Kier alpha value is -0.170. The summed E-state index contributed by atoms with van der Waals surface area (Å²) < 4.78 is 32.3. The van der Waals surface area contributed by atoms with Gasteiger partial charge in [0.2, 0.25) is 10.0 Å². The van der Waals surface area contributed by atoms with Gasteiger partial charge in [-0.15, -0.1) is 0 Å². The first-order valence-electron chi connectivity index (χ1n) is 6.47. The Bertz CT molecular complexity index is 290. The van der Waals surface area contributed by atoms with Crippen molar-refractivity contribution in [2.24, 2.45) is 17.0 Å². The average Bonchev–Trinajstić information content (AvgIpc) is 2.23. The summed E-state index contributed by atoms with van der Waals surface area (Å²) in [5.41, 5.74) is 0. The summed E-state index contributed by atoms with van der Waals surface area (Å²) in [5.74, 6) is 0.897. The van der Waals surface area contributed by atoms with Gasteiger partial charge < -0.3 is 9.47 Å². The molecule has 0 amide bonds. The van der Waals surface area contributed by atoms with Crippen LogP contribution in [0.15, 0.2) is 0 Å². The van der Waals surface area contributed by atoms with Gasteiger partial charge in [0.1, 0.15) is 0 Å². The highest BCUT2D eigenvalue weighted by Crippen LogP contribution is 2.08. The second-order valence-electron chi connectivity index (χ2n) is 5.13. The van der Waals surface area contributed by atoms with Gasteiger partial charge in [-0.1, -0.05) is 20.8 Å². The van der Waals surface area contributed by atoms with Gasteiger partial charge in [0.15, 0.2) is 0 Å². The molecular weight excluding hydrogens is 254 g/mol. The topological polar surface area (TPSA) is 78.6 Å². The number of rotatable bonds is 11. The first-order chi connectivity index (χ1) is 8.31. The molecule has 0 saturated carbocycles. The van der Waals surface area contributed by atoms with E-state index < -0.39 is 10.0 Å².